The molecule has 0 amide bonds. The van der Waals surface area contributed by atoms with Gasteiger partial charge in [-0.15, -0.1) is 0 Å². The van der Waals surface area contributed by atoms with Gasteiger partial charge >= 0.3 is 0 Å². The van der Waals surface area contributed by atoms with Gasteiger partial charge in [-0.1, -0.05) is 23.8 Å². The second-order valence-electron chi connectivity index (χ2n) is 7.36. The summed E-state index contributed by atoms with van der Waals surface area (Å²) in [7, 11) is 0. The highest BCUT2D eigenvalue weighted by Gasteiger charge is 2.33. The summed E-state index contributed by atoms with van der Waals surface area (Å²) in [5.74, 6) is 0.819. The number of hydrogen-bond donors (Lipinski definition) is 2. The second kappa shape index (κ2) is 7.09. The Labute approximate surface area is 153 Å². The molecular formula is C21H25N3O2. The van der Waals surface area contributed by atoms with E-state index in [1.165, 1.54) is 11.1 Å². The monoisotopic (exact) mass is 351 g/mol. The van der Waals surface area contributed by atoms with E-state index in [9.17, 15) is 5.11 Å². The van der Waals surface area contributed by atoms with Crippen molar-refractivity contribution in [3.05, 3.63) is 59.9 Å². The lowest BCUT2D eigenvalue weighted by Crippen LogP contribution is -2.47. The molecule has 3 aromatic rings. The number of nitrogens with one attached hydrogen (secondary N) is 1. The van der Waals surface area contributed by atoms with Gasteiger partial charge in [0.1, 0.15) is 18.0 Å². The minimum atomic E-state index is -0.741. The summed E-state index contributed by atoms with van der Waals surface area (Å²) in [5.41, 5.74) is 3.80. The molecule has 0 saturated carbocycles. The normalized spacial score (nSPS) is 17.5. The van der Waals surface area contributed by atoms with Gasteiger partial charge in [0.2, 0.25) is 0 Å². The Kier molecular flexibility index (Phi) is 4.66. The summed E-state index contributed by atoms with van der Waals surface area (Å²) in [4.78, 5) is 9.81. The van der Waals surface area contributed by atoms with Gasteiger partial charge < -0.3 is 14.8 Å². The molecule has 136 valence electrons. The number of nitrogens with zero attached hydrogens (tertiary/aromatic N) is 2. The number of imidazole rings is 1. The zero-order chi connectivity index (χ0) is 18.0. The first-order chi connectivity index (χ1) is 12.6. The number of piperidine rings is 1. The van der Waals surface area contributed by atoms with Crippen LogP contribution in [0.5, 0.6) is 5.75 Å². The first-order valence-corrected chi connectivity index (χ1v) is 9.16. The fourth-order valence-corrected chi connectivity index (χ4v) is 3.46. The predicted octanol–water partition coefficient (Wildman–Crippen LogP) is 3.28. The van der Waals surface area contributed by atoms with Gasteiger partial charge in [-0.2, -0.15) is 0 Å². The van der Waals surface area contributed by atoms with Crippen LogP contribution in [0.4, 0.5) is 0 Å². The maximum absolute atomic E-state index is 10.8. The Morgan fingerprint density at radius 1 is 1.15 bits per heavy atom. The number of hydrogen-bond acceptors (Lipinski definition) is 4. The number of aryl methyl sites for hydroxylation is 1. The van der Waals surface area contributed by atoms with Crippen molar-refractivity contribution in [2.24, 2.45) is 0 Å². The predicted molar refractivity (Wildman–Crippen MR) is 102 cm³/mol. The number of rotatable bonds is 5. The molecule has 0 unspecified atom stereocenters. The smallest absolute Gasteiger partial charge is 0.119 e. The first-order valence-electron chi connectivity index (χ1n) is 9.16. The van der Waals surface area contributed by atoms with Gasteiger partial charge in [0, 0.05) is 19.6 Å². The minimum Gasteiger partial charge on any atom is -0.491 e. The molecule has 4 rings (SSSR count). The van der Waals surface area contributed by atoms with E-state index in [0.29, 0.717) is 6.61 Å². The molecule has 0 radical (unpaired) electrons. The van der Waals surface area contributed by atoms with Crippen LogP contribution in [0.1, 0.15) is 24.0 Å². The van der Waals surface area contributed by atoms with Gasteiger partial charge in [0.05, 0.1) is 17.4 Å². The van der Waals surface area contributed by atoms with Crippen molar-refractivity contribution in [2.75, 3.05) is 19.7 Å². The van der Waals surface area contributed by atoms with Crippen molar-refractivity contribution in [3.63, 3.8) is 0 Å². The van der Waals surface area contributed by atoms with Crippen molar-refractivity contribution < 1.29 is 9.84 Å². The maximum Gasteiger partial charge on any atom is 0.119 e. The van der Waals surface area contributed by atoms with Crippen LogP contribution in [0.2, 0.25) is 0 Å². The van der Waals surface area contributed by atoms with Gasteiger partial charge in [-0.05, 0) is 49.6 Å². The summed E-state index contributed by atoms with van der Waals surface area (Å²) < 4.78 is 5.82. The number of aliphatic hydroxyl groups is 1. The van der Waals surface area contributed by atoms with E-state index < -0.39 is 5.60 Å². The van der Waals surface area contributed by atoms with Crippen molar-refractivity contribution in [3.8, 4) is 5.75 Å². The molecule has 1 aliphatic rings. The van der Waals surface area contributed by atoms with Crippen molar-refractivity contribution in [2.45, 2.75) is 31.9 Å². The highest BCUT2D eigenvalue weighted by molar-refractivity contribution is 5.74. The van der Waals surface area contributed by atoms with Crippen LogP contribution >= 0.6 is 0 Å². The molecule has 2 aromatic carbocycles. The van der Waals surface area contributed by atoms with Gasteiger partial charge in [0.15, 0.2) is 0 Å². The van der Waals surface area contributed by atoms with Crippen molar-refractivity contribution in [1.29, 1.82) is 0 Å². The largest absolute Gasteiger partial charge is 0.491 e. The van der Waals surface area contributed by atoms with E-state index in [1.54, 1.807) is 6.33 Å². The lowest BCUT2D eigenvalue weighted by molar-refractivity contribution is -0.0537. The standard InChI is InChI=1S/C21H25N3O2/c1-16-2-5-18(6-3-16)26-14-21(25)8-10-24(11-9-21)13-17-4-7-19-20(12-17)23-15-22-19/h2-7,12,15,25H,8-11,13-14H2,1H3,(H,22,23). The molecule has 2 N–H and O–H groups in total. The van der Waals surface area contributed by atoms with Crippen LogP contribution in [0.25, 0.3) is 11.0 Å². The molecule has 0 aliphatic carbocycles. The fourth-order valence-electron chi connectivity index (χ4n) is 3.46. The Morgan fingerprint density at radius 3 is 2.69 bits per heavy atom. The molecule has 0 bridgehead atoms. The molecule has 5 heteroatoms. The van der Waals surface area contributed by atoms with Crippen LogP contribution in [0, 0.1) is 6.92 Å². The average molecular weight is 351 g/mol. The summed E-state index contributed by atoms with van der Waals surface area (Å²) in [6.07, 6.45) is 3.18. The van der Waals surface area contributed by atoms with E-state index in [1.807, 2.05) is 24.3 Å². The summed E-state index contributed by atoms with van der Waals surface area (Å²) >= 11 is 0. The van der Waals surface area contributed by atoms with Crippen molar-refractivity contribution in [1.82, 2.24) is 14.9 Å². The number of aromatic nitrogens is 2. The topological polar surface area (TPSA) is 61.4 Å². The van der Waals surface area contributed by atoms with Gasteiger partial charge in [-0.25, -0.2) is 4.98 Å². The zero-order valence-electron chi connectivity index (χ0n) is 15.1. The quantitative estimate of drug-likeness (QED) is 0.741. The third kappa shape index (κ3) is 3.89. The van der Waals surface area contributed by atoms with Crippen LogP contribution < -0.4 is 4.74 Å². The van der Waals surface area contributed by atoms with Crippen LogP contribution in [0.15, 0.2) is 48.8 Å². The first kappa shape index (κ1) is 17.1. The Hall–Kier alpha value is -2.37. The van der Waals surface area contributed by atoms with Crippen molar-refractivity contribution >= 4 is 11.0 Å². The van der Waals surface area contributed by atoms with E-state index in [-0.39, 0.29) is 0 Å². The minimum absolute atomic E-state index is 0.351. The Balaban J connectivity index is 1.30. The van der Waals surface area contributed by atoms with Crippen LogP contribution in [0.3, 0.4) is 0 Å². The summed E-state index contributed by atoms with van der Waals surface area (Å²) in [6, 6.07) is 14.3. The number of benzene rings is 2. The lowest BCUT2D eigenvalue weighted by Gasteiger charge is -2.38. The molecular weight excluding hydrogens is 326 g/mol. The molecule has 1 aliphatic heterocycles. The Morgan fingerprint density at radius 2 is 1.92 bits per heavy atom. The molecule has 1 aromatic heterocycles. The van der Waals surface area contributed by atoms with E-state index in [4.69, 9.17) is 4.74 Å². The third-order valence-corrected chi connectivity index (χ3v) is 5.21. The summed E-state index contributed by atoms with van der Waals surface area (Å²) in [6.45, 7) is 5.04. The lowest BCUT2D eigenvalue weighted by atomic mass is 9.92. The number of H-pyrrole nitrogens is 1. The SMILES string of the molecule is Cc1ccc(OCC2(O)CCN(Cc3ccc4nc[nH]c4c3)CC2)cc1. The van der Waals surface area contributed by atoms with Crippen LogP contribution in [-0.2, 0) is 6.54 Å². The van der Waals surface area contributed by atoms with Gasteiger partial charge in [-0.3, -0.25) is 4.90 Å². The second-order valence-corrected chi connectivity index (χ2v) is 7.36. The van der Waals surface area contributed by atoms with Crippen LogP contribution in [-0.4, -0.2) is 45.3 Å². The summed E-state index contributed by atoms with van der Waals surface area (Å²) in [5, 5.41) is 10.8. The highest BCUT2D eigenvalue weighted by atomic mass is 16.5. The fraction of sp³-hybridized carbons (Fsp3) is 0.381. The van der Waals surface area contributed by atoms with E-state index in [2.05, 4.69) is 40.0 Å². The number of fused-ring (bicyclic) bond motifs is 1. The number of aromatic amines is 1. The molecule has 26 heavy (non-hydrogen) atoms. The molecule has 2 heterocycles. The number of ether oxygens (including phenoxy) is 1. The van der Waals surface area contributed by atoms with E-state index >= 15 is 0 Å². The van der Waals surface area contributed by atoms with E-state index in [0.717, 1.165) is 49.3 Å². The molecule has 0 atom stereocenters. The highest BCUT2D eigenvalue weighted by Crippen LogP contribution is 2.25. The average Bonchev–Trinajstić information content (AvgIpc) is 3.11. The van der Waals surface area contributed by atoms with Gasteiger partial charge in [0.25, 0.3) is 0 Å². The zero-order valence-corrected chi connectivity index (χ0v) is 15.1. The third-order valence-electron chi connectivity index (χ3n) is 5.21. The number of likely N-dealkylation sites (tertiary alicyclic amines) is 1. The maximum atomic E-state index is 10.8. The molecule has 1 fully saturated rings. The molecule has 0 spiro atoms. The Bertz CT molecular complexity index is 864. The molecule has 1 saturated heterocycles. The molecule has 5 nitrogen and oxygen atoms in total.